The van der Waals surface area contributed by atoms with Gasteiger partial charge in [-0.2, -0.15) is 0 Å². The molecule has 0 atom stereocenters. The van der Waals surface area contributed by atoms with Crippen molar-refractivity contribution in [2.75, 3.05) is 11.1 Å². The summed E-state index contributed by atoms with van der Waals surface area (Å²) in [5.74, 6) is 0.207. The molecule has 0 fully saturated rings. The highest BCUT2D eigenvalue weighted by Gasteiger charge is 2.20. The fourth-order valence-corrected chi connectivity index (χ4v) is 3.86. The van der Waals surface area contributed by atoms with E-state index >= 15 is 0 Å². The molecule has 0 aliphatic rings. The number of para-hydroxylation sites is 2. The number of nitrogens with two attached hydrogens (primary N) is 1. The van der Waals surface area contributed by atoms with Crippen LogP contribution >= 0.6 is 0 Å². The average Bonchev–Trinajstić information content (AvgIpc) is 2.84. The van der Waals surface area contributed by atoms with Crippen molar-refractivity contribution in [3.63, 3.8) is 0 Å². The van der Waals surface area contributed by atoms with Gasteiger partial charge in [0.05, 0.1) is 17.1 Å². The second kappa shape index (κ2) is 8.47. The van der Waals surface area contributed by atoms with E-state index in [1.807, 2.05) is 54.6 Å². The molecule has 0 spiro atoms. The minimum absolute atomic E-state index is 0.207. The van der Waals surface area contributed by atoms with E-state index < -0.39 is 11.2 Å². The fraction of sp³-hybridized carbons (Fsp3) is 0.0385. The third-order valence-corrected chi connectivity index (χ3v) is 5.39. The van der Waals surface area contributed by atoms with Gasteiger partial charge in [-0.15, -0.1) is 0 Å². The highest BCUT2D eigenvalue weighted by molar-refractivity contribution is 5.91. The zero-order chi connectivity index (χ0) is 22.8. The maximum Gasteiger partial charge on any atom is 0.341 e. The molecule has 0 unspecified atom stereocenters. The SMILES string of the molecule is Nc1cc(NCc2ccccc2)c2c(=O)n(-c3ccccc3)c(=O)n(-c3ccccc3)c2n1. The van der Waals surface area contributed by atoms with Crippen molar-refractivity contribution in [1.82, 2.24) is 14.1 Å². The summed E-state index contributed by atoms with van der Waals surface area (Å²) in [6.45, 7) is 0.481. The number of nitrogen functional groups attached to an aromatic ring is 1. The van der Waals surface area contributed by atoms with E-state index in [-0.39, 0.29) is 16.9 Å². The molecule has 3 N–H and O–H groups in total. The summed E-state index contributed by atoms with van der Waals surface area (Å²) in [6, 6.07) is 29.4. The van der Waals surface area contributed by atoms with E-state index in [9.17, 15) is 9.59 Å². The highest BCUT2D eigenvalue weighted by atomic mass is 16.2. The monoisotopic (exact) mass is 435 g/mol. The van der Waals surface area contributed by atoms with Crippen molar-refractivity contribution >= 4 is 22.5 Å². The lowest BCUT2D eigenvalue weighted by atomic mass is 10.2. The van der Waals surface area contributed by atoms with Crippen molar-refractivity contribution in [3.05, 3.63) is 123 Å². The summed E-state index contributed by atoms with van der Waals surface area (Å²) in [5, 5.41) is 3.60. The summed E-state index contributed by atoms with van der Waals surface area (Å²) in [4.78, 5) is 31.7. The number of nitrogens with zero attached hydrogens (tertiary/aromatic N) is 3. The summed E-state index contributed by atoms with van der Waals surface area (Å²) in [6.07, 6.45) is 0. The largest absolute Gasteiger partial charge is 0.384 e. The van der Waals surface area contributed by atoms with Gasteiger partial charge in [-0.3, -0.25) is 4.79 Å². The van der Waals surface area contributed by atoms with Gasteiger partial charge >= 0.3 is 5.69 Å². The molecular weight excluding hydrogens is 414 g/mol. The van der Waals surface area contributed by atoms with Crippen molar-refractivity contribution in [2.45, 2.75) is 6.54 Å². The molecule has 162 valence electrons. The summed E-state index contributed by atoms with van der Waals surface area (Å²) in [5.41, 5.74) is 7.96. The molecule has 2 heterocycles. The van der Waals surface area contributed by atoms with Gasteiger partial charge in [0, 0.05) is 12.6 Å². The Morgan fingerprint density at radius 2 is 1.30 bits per heavy atom. The molecule has 0 radical (unpaired) electrons. The first-order valence-electron chi connectivity index (χ1n) is 10.5. The van der Waals surface area contributed by atoms with Crippen LogP contribution < -0.4 is 22.3 Å². The Bertz CT molecular complexity index is 1540. The number of aromatic nitrogens is 3. The van der Waals surface area contributed by atoms with Gasteiger partial charge in [-0.25, -0.2) is 18.9 Å². The van der Waals surface area contributed by atoms with E-state index in [0.717, 1.165) is 5.56 Å². The minimum atomic E-state index is -0.517. The zero-order valence-electron chi connectivity index (χ0n) is 17.7. The molecule has 5 rings (SSSR count). The fourth-order valence-electron chi connectivity index (χ4n) is 3.86. The molecule has 0 amide bonds. The van der Waals surface area contributed by atoms with Gasteiger partial charge in [0.2, 0.25) is 0 Å². The van der Waals surface area contributed by atoms with Crippen molar-refractivity contribution in [2.24, 2.45) is 0 Å². The normalized spacial score (nSPS) is 10.9. The molecule has 7 nitrogen and oxygen atoms in total. The van der Waals surface area contributed by atoms with Crippen LogP contribution in [0.25, 0.3) is 22.4 Å². The first-order valence-corrected chi connectivity index (χ1v) is 10.5. The molecule has 7 heteroatoms. The molecule has 0 saturated carbocycles. The Morgan fingerprint density at radius 3 is 1.91 bits per heavy atom. The Kier molecular flexibility index (Phi) is 5.20. The molecule has 2 aromatic heterocycles. The minimum Gasteiger partial charge on any atom is -0.384 e. The van der Waals surface area contributed by atoms with E-state index in [2.05, 4.69) is 10.3 Å². The average molecular weight is 435 g/mol. The number of anilines is 2. The molecule has 0 aliphatic heterocycles. The third-order valence-electron chi connectivity index (χ3n) is 5.39. The van der Waals surface area contributed by atoms with E-state index in [4.69, 9.17) is 5.73 Å². The summed E-state index contributed by atoms with van der Waals surface area (Å²) >= 11 is 0. The number of pyridine rings is 1. The zero-order valence-corrected chi connectivity index (χ0v) is 17.7. The van der Waals surface area contributed by atoms with E-state index in [0.29, 0.717) is 23.6 Å². The van der Waals surface area contributed by atoms with E-state index in [1.54, 1.807) is 42.5 Å². The Hall–Kier alpha value is -4.65. The van der Waals surface area contributed by atoms with Gasteiger partial charge in [0.25, 0.3) is 5.56 Å². The van der Waals surface area contributed by atoms with Gasteiger partial charge in [0.1, 0.15) is 11.2 Å². The first kappa shape index (κ1) is 20.3. The van der Waals surface area contributed by atoms with Crippen LogP contribution in [0.2, 0.25) is 0 Å². The van der Waals surface area contributed by atoms with Crippen LogP contribution in [-0.4, -0.2) is 14.1 Å². The number of benzene rings is 3. The van der Waals surface area contributed by atoms with Gasteiger partial charge < -0.3 is 11.1 Å². The Balaban J connectivity index is 1.83. The molecule has 5 aromatic rings. The van der Waals surface area contributed by atoms with Crippen LogP contribution in [0.5, 0.6) is 0 Å². The molecule has 0 bridgehead atoms. The number of hydrogen-bond donors (Lipinski definition) is 2. The molecular formula is C26H21N5O2. The smallest absolute Gasteiger partial charge is 0.341 e. The van der Waals surface area contributed by atoms with Crippen LogP contribution in [0, 0.1) is 0 Å². The van der Waals surface area contributed by atoms with E-state index in [1.165, 1.54) is 9.13 Å². The maximum atomic E-state index is 13.7. The van der Waals surface area contributed by atoms with Crippen LogP contribution in [-0.2, 0) is 6.54 Å². The van der Waals surface area contributed by atoms with Gasteiger partial charge in [-0.1, -0.05) is 66.7 Å². The number of rotatable bonds is 5. The second-order valence-electron chi connectivity index (χ2n) is 7.56. The Labute approximate surface area is 189 Å². The standard InChI is InChI=1S/C26H21N5O2/c27-22-16-21(28-17-18-10-4-1-5-11-18)23-24(29-22)30(19-12-6-2-7-13-19)26(33)31(25(23)32)20-14-8-3-9-15-20/h1-16H,17H2,(H3,27,28,29). The topological polar surface area (TPSA) is 94.9 Å². The predicted octanol–water partition coefficient (Wildman–Crippen LogP) is 3.73. The summed E-state index contributed by atoms with van der Waals surface area (Å²) < 4.78 is 2.59. The number of hydrogen-bond acceptors (Lipinski definition) is 5. The predicted molar refractivity (Wildman–Crippen MR) is 131 cm³/mol. The van der Waals surface area contributed by atoms with Crippen molar-refractivity contribution in [1.29, 1.82) is 0 Å². The lowest BCUT2D eigenvalue weighted by Crippen LogP contribution is -2.39. The van der Waals surface area contributed by atoms with Gasteiger partial charge in [0.15, 0.2) is 5.65 Å². The molecule has 33 heavy (non-hydrogen) atoms. The van der Waals surface area contributed by atoms with Crippen molar-refractivity contribution in [3.8, 4) is 11.4 Å². The van der Waals surface area contributed by atoms with Crippen LogP contribution in [0.3, 0.4) is 0 Å². The molecule has 0 saturated heterocycles. The van der Waals surface area contributed by atoms with Crippen LogP contribution in [0.15, 0.2) is 107 Å². The Morgan fingerprint density at radius 1 is 0.758 bits per heavy atom. The van der Waals surface area contributed by atoms with Crippen LogP contribution in [0.1, 0.15) is 5.56 Å². The molecule has 3 aromatic carbocycles. The lowest BCUT2D eigenvalue weighted by molar-refractivity contribution is 0.826. The van der Waals surface area contributed by atoms with Gasteiger partial charge in [-0.05, 0) is 29.8 Å². The molecule has 0 aliphatic carbocycles. The van der Waals surface area contributed by atoms with Crippen molar-refractivity contribution < 1.29 is 0 Å². The first-order chi connectivity index (χ1) is 16.1. The number of nitrogens with one attached hydrogen (secondary N) is 1. The lowest BCUT2D eigenvalue weighted by Gasteiger charge is -2.17. The number of fused-ring (bicyclic) bond motifs is 1. The maximum absolute atomic E-state index is 13.7. The summed E-state index contributed by atoms with van der Waals surface area (Å²) in [7, 11) is 0. The third kappa shape index (κ3) is 3.76. The second-order valence-corrected chi connectivity index (χ2v) is 7.56. The van der Waals surface area contributed by atoms with Crippen LogP contribution in [0.4, 0.5) is 11.5 Å². The quantitative estimate of drug-likeness (QED) is 0.439. The highest BCUT2D eigenvalue weighted by Crippen LogP contribution is 2.24.